The van der Waals surface area contributed by atoms with Crippen LogP contribution in [-0.4, -0.2) is 25.6 Å². The van der Waals surface area contributed by atoms with E-state index < -0.39 is 0 Å². The summed E-state index contributed by atoms with van der Waals surface area (Å²) in [6.45, 7) is 2.49. The van der Waals surface area contributed by atoms with Gasteiger partial charge in [0.1, 0.15) is 17.6 Å². The summed E-state index contributed by atoms with van der Waals surface area (Å²) in [5.41, 5.74) is 7.13. The predicted molar refractivity (Wildman–Crippen MR) is 89.7 cm³/mol. The SMILES string of the molecule is COc1cccc(OC(C)CN=C(N)Cc2ccccc2)c1. The molecule has 0 fully saturated rings. The largest absolute Gasteiger partial charge is 0.497 e. The van der Waals surface area contributed by atoms with E-state index in [2.05, 4.69) is 4.99 Å². The molecule has 2 N–H and O–H groups in total. The van der Waals surface area contributed by atoms with Crippen LogP contribution in [0.2, 0.25) is 0 Å². The van der Waals surface area contributed by atoms with E-state index in [0.717, 1.165) is 17.1 Å². The number of amidine groups is 1. The summed E-state index contributed by atoms with van der Waals surface area (Å²) in [6, 6.07) is 17.6. The lowest BCUT2D eigenvalue weighted by Crippen LogP contribution is -2.21. The van der Waals surface area contributed by atoms with Crippen LogP contribution in [0.4, 0.5) is 0 Å². The minimum Gasteiger partial charge on any atom is -0.497 e. The molecule has 0 aromatic heterocycles. The van der Waals surface area contributed by atoms with Gasteiger partial charge in [-0.2, -0.15) is 0 Å². The summed E-state index contributed by atoms with van der Waals surface area (Å²) in [4.78, 5) is 4.40. The fraction of sp³-hybridized carbons (Fsp3) is 0.278. The summed E-state index contributed by atoms with van der Waals surface area (Å²) < 4.78 is 11.0. The van der Waals surface area contributed by atoms with Gasteiger partial charge in [-0.15, -0.1) is 0 Å². The molecule has 0 radical (unpaired) electrons. The third kappa shape index (κ3) is 5.13. The molecule has 0 bridgehead atoms. The number of rotatable bonds is 7. The number of nitrogens with zero attached hydrogens (tertiary/aromatic N) is 1. The lowest BCUT2D eigenvalue weighted by atomic mass is 10.1. The molecular weight excluding hydrogens is 276 g/mol. The standard InChI is InChI=1S/C18H22N2O2/c1-14(22-17-10-6-9-16(12-17)21-2)13-20-18(19)11-15-7-4-3-5-8-15/h3-10,12,14H,11,13H2,1-2H3,(H2,19,20). The maximum absolute atomic E-state index is 5.97. The van der Waals surface area contributed by atoms with Gasteiger partial charge in [0.05, 0.1) is 19.5 Å². The quantitative estimate of drug-likeness (QED) is 0.631. The molecule has 2 rings (SSSR count). The van der Waals surface area contributed by atoms with Crippen LogP contribution in [0.15, 0.2) is 59.6 Å². The summed E-state index contributed by atoms with van der Waals surface area (Å²) in [6.07, 6.45) is 0.605. The van der Waals surface area contributed by atoms with Crippen LogP contribution in [0.1, 0.15) is 12.5 Å². The molecule has 4 heteroatoms. The normalized spacial score (nSPS) is 12.7. The van der Waals surface area contributed by atoms with Gasteiger partial charge in [0, 0.05) is 12.5 Å². The monoisotopic (exact) mass is 298 g/mol. The number of hydrogen-bond donors (Lipinski definition) is 1. The highest BCUT2D eigenvalue weighted by Gasteiger charge is 2.05. The fourth-order valence-electron chi connectivity index (χ4n) is 2.05. The molecule has 0 heterocycles. The number of benzene rings is 2. The highest BCUT2D eigenvalue weighted by atomic mass is 16.5. The third-order valence-electron chi connectivity index (χ3n) is 3.16. The summed E-state index contributed by atoms with van der Waals surface area (Å²) >= 11 is 0. The molecule has 0 aliphatic carbocycles. The van der Waals surface area contributed by atoms with E-state index in [0.29, 0.717) is 18.8 Å². The first-order valence-electron chi connectivity index (χ1n) is 7.31. The van der Waals surface area contributed by atoms with E-state index in [4.69, 9.17) is 15.2 Å². The first-order chi connectivity index (χ1) is 10.7. The molecule has 1 atom stereocenters. The Morgan fingerprint density at radius 2 is 1.82 bits per heavy atom. The first kappa shape index (κ1) is 15.9. The minimum atomic E-state index is -0.0542. The summed E-state index contributed by atoms with van der Waals surface area (Å²) in [7, 11) is 1.64. The van der Waals surface area contributed by atoms with Crippen LogP contribution in [-0.2, 0) is 6.42 Å². The van der Waals surface area contributed by atoms with E-state index >= 15 is 0 Å². The van der Waals surface area contributed by atoms with Crippen molar-refractivity contribution in [3.63, 3.8) is 0 Å². The molecule has 4 nitrogen and oxygen atoms in total. The highest BCUT2D eigenvalue weighted by molar-refractivity contribution is 5.82. The Kier molecular flexibility index (Phi) is 5.83. The van der Waals surface area contributed by atoms with Gasteiger partial charge in [0.25, 0.3) is 0 Å². The van der Waals surface area contributed by atoms with Crippen LogP contribution >= 0.6 is 0 Å². The van der Waals surface area contributed by atoms with Gasteiger partial charge >= 0.3 is 0 Å². The third-order valence-corrected chi connectivity index (χ3v) is 3.16. The fourth-order valence-corrected chi connectivity index (χ4v) is 2.05. The zero-order valence-electron chi connectivity index (χ0n) is 13.0. The molecule has 0 amide bonds. The van der Waals surface area contributed by atoms with Crippen molar-refractivity contribution in [2.24, 2.45) is 10.7 Å². The van der Waals surface area contributed by atoms with Gasteiger partial charge < -0.3 is 15.2 Å². The highest BCUT2D eigenvalue weighted by Crippen LogP contribution is 2.19. The Labute approximate surface area is 131 Å². The Balaban J connectivity index is 1.85. The second kappa shape index (κ2) is 8.08. The van der Waals surface area contributed by atoms with Gasteiger partial charge in [-0.1, -0.05) is 36.4 Å². The number of hydrogen-bond acceptors (Lipinski definition) is 3. The van der Waals surface area contributed by atoms with Gasteiger partial charge in [-0.3, -0.25) is 4.99 Å². The second-order valence-electron chi connectivity index (χ2n) is 5.10. The molecule has 0 saturated carbocycles. The zero-order valence-corrected chi connectivity index (χ0v) is 13.0. The Morgan fingerprint density at radius 3 is 2.55 bits per heavy atom. The topological polar surface area (TPSA) is 56.8 Å². The van der Waals surface area contributed by atoms with Gasteiger partial charge in [0.2, 0.25) is 0 Å². The van der Waals surface area contributed by atoms with E-state index in [1.165, 1.54) is 0 Å². The van der Waals surface area contributed by atoms with Crippen molar-refractivity contribution in [1.82, 2.24) is 0 Å². The van der Waals surface area contributed by atoms with E-state index in [1.54, 1.807) is 7.11 Å². The van der Waals surface area contributed by atoms with Crippen LogP contribution in [0, 0.1) is 0 Å². The Hall–Kier alpha value is -2.49. The number of ether oxygens (including phenoxy) is 2. The summed E-state index contributed by atoms with van der Waals surface area (Å²) in [5, 5.41) is 0. The second-order valence-corrected chi connectivity index (χ2v) is 5.10. The van der Waals surface area contributed by atoms with Crippen molar-refractivity contribution in [3.8, 4) is 11.5 Å². The Morgan fingerprint density at radius 1 is 1.09 bits per heavy atom. The lowest BCUT2D eigenvalue weighted by molar-refractivity contribution is 0.229. The lowest BCUT2D eigenvalue weighted by Gasteiger charge is -2.13. The molecule has 2 aromatic rings. The molecular formula is C18H22N2O2. The number of methoxy groups -OCH3 is 1. The number of nitrogens with two attached hydrogens (primary N) is 1. The van der Waals surface area contributed by atoms with Crippen LogP contribution < -0.4 is 15.2 Å². The average Bonchev–Trinajstić information content (AvgIpc) is 2.54. The molecule has 0 saturated heterocycles. The van der Waals surface area contributed by atoms with Crippen molar-refractivity contribution in [2.45, 2.75) is 19.4 Å². The van der Waals surface area contributed by atoms with E-state index in [-0.39, 0.29) is 6.10 Å². The molecule has 0 aliphatic heterocycles. The van der Waals surface area contributed by atoms with Crippen LogP contribution in [0.5, 0.6) is 11.5 Å². The number of aliphatic imine (C=N–C) groups is 1. The minimum absolute atomic E-state index is 0.0542. The molecule has 1 unspecified atom stereocenters. The van der Waals surface area contributed by atoms with Gasteiger partial charge in [0.15, 0.2) is 0 Å². The maximum Gasteiger partial charge on any atom is 0.123 e. The molecule has 116 valence electrons. The maximum atomic E-state index is 5.97. The van der Waals surface area contributed by atoms with Crippen molar-refractivity contribution in [2.75, 3.05) is 13.7 Å². The zero-order chi connectivity index (χ0) is 15.8. The molecule has 2 aromatic carbocycles. The smallest absolute Gasteiger partial charge is 0.123 e. The predicted octanol–water partition coefficient (Wildman–Crippen LogP) is 3.06. The van der Waals surface area contributed by atoms with Gasteiger partial charge in [-0.25, -0.2) is 0 Å². The van der Waals surface area contributed by atoms with E-state index in [1.807, 2.05) is 61.5 Å². The first-order valence-corrected chi connectivity index (χ1v) is 7.31. The molecule has 22 heavy (non-hydrogen) atoms. The van der Waals surface area contributed by atoms with Crippen molar-refractivity contribution in [3.05, 3.63) is 60.2 Å². The van der Waals surface area contributed by atoms with Gasteiger partial charge in [-0.05, 0) is 24.6 Å². The van der Waals surface area contributed by atoms with Crippen molar-refractivity contribution >= 4 is 5.84 Å². The van der Waals surface area contributed by atoms with Crippen molar-refractivity contribution < 1.29 is 9.47 Å². The molecule has 0 aliphatic rings. The van der Waals surface area contributed by atoms with Crippen molar-refractivity contribution in [1.29, 1.82) is 0 Å². The van der Waals surface area contributed by atoms with E-state index in [9.17, 15) is 0 Å². The van der Waals surface area contributed by atoms with Crippen LogP contribution in [0.3, 0.4) is 0 Å². The Bertz CT molecular complexity index is 611. The summed E-state index contributed by atoms with van der Waals surface area (Å²) in [5.74, 6) is 2.16. The van der Waals surface area contributed by atoms with Crippen LogP contribution in [0.25, 0.3) is 0 Å². The molecule has 0 spiro atoms. The average molecular weight is 298 g/mol.